The van der Waals surface area contributed by atoms with Crippen molar-refractivity contribution in [1.29, 1.82) is 0 Å². The van der Waals surface area contributed by atoms with Crippen LogP contribution in [0.25, 0.3) is 0 Å². The molecule has 3 heterocycles. The van der Waals surface area contributed by atoms with Crippen LogP contribution in [0.1, 0.15) is 39.0 Å². The highest BCUT2D eigenvalue weighted by Crippen LogP contribution is 2.48. The third-order valence-corrected chi connectivity index (χ3v) is 4.82. The summed E-state index contributed by atoms with van der Waals surface area (Å²) in [6, 6.07) is 1.29. The monoisotopic (exact) mass is 225 g/mol. The van der Waals surface area contributed by atoms with Crippen LogP contribution in [0.5, 0.6) is 0 Å². The molecule has 0 saturated carbocycles. The molecular formula is C13H23NO2. The van der Waals surface area contributed by atoms with Gasteiger partial charge >= 0.3 is 0 Å². The first-order valence-electron chi connectivity index (χ1n) is 6.76. The fourth-order valence-corrected chi connectivity index (χ4v) is 4.11. The molecule has 0 N–H and O–H groups in total. The molecule has 0 aromatic carbocycles. The van der Waals surface area contributed by atoms with Crippen molar-refractivity contribution in [2.45, 2.75) is 56.9 Å². The number of likely N-dealkylation sites (N-methyl/N-ethyl adjacent to an activating group) is 1. The van der Waals surface area contributed by atoms with E-state index < -0.39 is 0 Å². The van der Waals surface area contributed by atoms with Crippen LogP contribution in [-0.2, 0) is 9.47 Å². The molecule has 2 bridgehead atoms. The van der Waals surface area contributed by atoms with Crippen molar-refractivity contribution in [3.63, 3.8) is 0 Å². The average Bonchev–Trinajstić information content (AvgIpc) is 2.79. The number of piperidine rings is 1. The molecule has 3 atom stereocenters. The van der Waals surface area contributed by atoms with Crippen LogP contribution in [0.2, 0.25) is 0 Å². The molecule has 3 aliphatic rings. The second-order valence-corrected chi connectivity index (χ2v) is 5.58. The van der Waals surface area contributed by atoms with Gasteiger partial charge in [0.2, 0.25) is 0 Å². The minimum absolute atomic E-state index is 0.242. The molecule has 0 amide bonds. The van der Waals surface area contributed by atoms with E-state index in [9.17, 15) is 0 Å². The Hall–Kier alpha value is -0.120. The topological polar surface area (TPSA) is 21.7 Å². The lowest BCUT2D eigenvalue weighted by molar-refractivity contribution is -0.215. The Labute approximate surface area is 98.1 Å². The van der Waals surface area contributed by atoms with E-state index in [4.69, 9.17) is 9.47 Å². The zero-order valence-corrected chi connectivity index (χ0v) is 10.4. The van der Waals surface area contributed by atoms with E-state index >= 15 is 0 Å². The molecule has 1 spiro atoms. The molecule has 92 valence electrons. The van der Waals surface area contributed by atoms with E-state index in [1.165, 1.54) is 25.7 Å². The van der Waals surface area contributed by atoms with Crippen molar-refractivity contribution in [2.75, 3.05) is 20.3 Å². The highest BCUT2D eigenvalue weighted by atomic mass is 16.7. The smallest absolute Gasteiger partial charge is 0.184 e. The minimum atomic E-state index is -0.242. The SMILES string of the molecule is CCC[C@@H]1C[C@H]2N(C)[C@@H]1CCC21OCCO1. The van der Waals surface area contributed by atoms with Gasteiger partial charge in [-0.15, -0.1) is 0 Å². The Morgan fingerprint density at radius 3 is 2.75 bits per heavy atom. The van der Waals surface area contributed by atoms with Crippen molar-refractivity contribution in [3.8, 4) is 0 Å². The Morgan fingerprint density at radius 1 is 1.31 bits per heavy atom. The molecule has 3 fully saturated rings. The molecule has 3 aliphatic heterocycles. The quantitative estimate of drug-likeness (QED) is 0.717. The van der Waals surface area contributed by atoms with Crippen LogP contribution in [-0.4, -0.2) is 43.0 Å². The van der Waals surface area contributed by atoms with E-state index in [-0.39, 0.29) is 5.79 Å². The zero-order valence-electron chi connectivity index (χ0n) is 10.4. The van der Waals surface area contributed by atoms with Gasteiger partial charge in [-0.3, -0.25) is 4.90 Å². The Morgan fingerprint density at radius 2 is 2.06 bits per heavy atom. The molecule has 0 unspecified atom stereocenters. The average molecular weight is 225 g/mol. The molecule has 0 aliphatic carbocycles. The lowest BCUT2D eigenvalue weighted by Crippen LogP contribution is -2.55. The number of rotatable bonds is 2. The van der Waals surface area contributed by atoms with Gasteiger partial charge in [0.25, 0.3) is 0 Å². The van der Waals surface area contributed by atoms with Gasteiger partial charge < -0.3 is 9.47 Å². The highest BCUT2D eigenvalue weighted by Gasteiger charge is 2.56. The highest BCUT2D eigenvalue weighted by molar-refractivity contribution is 5.05. The number of nitrogens with zero attached hydrogens (tertiary/aromatic N) is 1. The Bertz CT molecular complexity index is 263. The maximum Gasteiger partial charge on any atom is 0.184 e. The predicted molar refractivity (Wildman–Crippen MR) is 62.2 cm³/mol. The van der Waals surface area contributed by atoms with E-state index in [2.05, 4.69) is 18.9 Å². The van der Waals surface area contributed by atoms with E-state index in [0.29, 0.717) is 6.04 Å². The van der Waals surface area contributed by atoms with Crippen LogP contribution in [0.15, 0.2) is 0 Å². The molecule has 16 heavy (non-hydrogen) atoms. The van der Waals surface area contributed by atoms with Gasteiger partial charge in [0, 0.05) is 12.5 Å². The summed E-state index contributed by atoms with van der Waals surface area (Å²) in [6.07, 6.45) is 6.29. The summed E-state index contributed by atoms with van der Waals surface area (Å²) in [6.45, 7) is 3.86. The number of hydrogen-bond acceptors (Lipinski definition) is 3. The first kappa shape index (κ1) is 11.0. The van der Waals surface area contributed by atoms with Crippen molar-refractivity contribution in [3.05, 3.63) is 0 Å². The van der Waals surface area contributed by atoms with Gasteiger partial charge in [0.1, 0.15) is 0 Å². The molecule has 3 nitrogen and oxygen atoms in total. The van der Waals surface area contributed by atoms with Crippen LogP contribution in [0.4, 0.5) is 0 Å². The number of ether oxygens (including phenoxy) is 2. The normalized spacial score (nSPS) is 42.0. The van der Waals surface area contributed by atoms with Gasteiger partial charge in [-0.1, -0.05) is 13.3 Å². The molecule has 0 aromatic heterocycles. The summed E-state index contributed by atoms with van der Waals surface area (Å²) < 4.78 is 11.9. The summed E-state index contributed by atoms with van der Waals surface area (Å²) in [7, 11) is 2.26. The minimum Gasteiger partial charge on any atom is -0.346 e. The van der Waals surface area contributed by atoms with Gasteiger partial charge in [0.05, 0.1) is 19.3 Å². The standard InChI is InChI=1S/C13H23NO2/c1-3-4-10-9-12-13(15-7-8-16-13)6-5-11(10)14(12)2/h10-12H,3-9H2,1-2H3/t10-,11-,12-/m1/s1. The Kier molecular flexibility index (Phi) is 2.73. The molecule has 0 aromatic rings. The summed E-state index contributed by atoms with van der Waals surface area (Å²) in [4.78, 5) is 2.54. The first-order chi connectivity index (χ1) is 7.77. The maximum absolute atomic E-state index is 5.94. The fourth-order valence-electron chi connectivity index (χ4n) is 4.11. The largest absolute Gasteiger partial charge is 0.346 e. The molecule has 3 heteroatoms. The van der Waals surface area contributed by atoms with Crippen LogP contribution in [0.3, 0.4) is 0 Å². The summed E-state index contributed by atoms with van der Waals surface area (Å²) in [5, 5.41) is 0. The summed E-state index contributed by atoms with van der Waals surface area (Å²) in [5.74, 6) is 0.625. The molecule has 0 radical (unpaired) electrons. The predicted octanol–water partition coefficient (Wildman–Crippen LogP) is 2.01. The van der Waals surface area contributed by atoms with Crippen molar-refractivity contribution in [1.82, 2.24) is 4.90 Å². The van der Waals surface area contributed by atoms with Gasteiger partial charge in [-0.25, -0.2) is 0 Å². The molecule has 3 saturated heterocycles. The molecule has 3 rings (SSSR count). The molecular weight excluding hydrogens is 202 g/mol. The van der Waals surface area contributed by atoms with Crippen LogP contribution >= 0.6 is 0 Å². The van der Waals surface area contributed by atoms with Crippen molar-refractivity contribution in [2.24, 2.45) is 5.92 Å². The second kappa shape index (κ2) is 3.97. The van der Waals surface area contributed by atoms with E-state index in [1.54, 1.807) is 0 Å². The number of hydrogen-bond donors (Lipinski definition) is 0. The lowest BCUT2D eigenvalue weighted by Gasteiger charge is -2.43. The second-order valence-electron chi connectivity index (χ2n) is 5.58. The van der Waals surface area contributed by atoms with Gasteiger partial charge in [-0.2, -0.15) is 0 Å². The lowest BCUT2D eigenvalue weighted by atomic mass is 9.93. The Balaban J connectivity index is 1.80. The summed E-state index contributed by atoms with van der Waals surface area (Å²) >= 11 is 0. The van der Waals surface area contributed by atoms with Crippen LogP contribution < -0.4 is 0 Å². The van der Waals surface area contributed by atoms with Crippen LogP contribution in [0, 0.1) is 5.92 Å². The summed E-state index contributed by atoms with van der Waals surface area (Å²) in [5.41, 5.74) is 0. The fraction of sp³-hybridized carbons (Fsp3) is 1.00. The first-order valence-corrected chi connectivity index (χ1v) is 6.76. The third-order valence-electron chi connectivity index (χ3n) is 4.82. The van der Waals surface area contributed by atoms with Crippen molar-refractivity contribution >= 4 is 0 Å². The van der Waals surface area contributed by atoms with E-state index in [0.717, 1.165) is 31.6 Å². The number of fused-ring (bicyclic) bond motifs is 3. The van der Waals surface area contributed by atoms with Gasteiger partial charge in [0.15, 0.2) is 5.79 Å². The third kappa shape index (κ3) is 1.45. The van der Waals surface area contributed by atoms with Gasteiger partial charge in [-0.05, 0) is 32.2 Å². The zero-order chi connectivity index (χ0) is 11.2. The maximum atomic E-state index is 5.94. The van der Waals surface area contributed by atoms with E-state index in [1.807, 2.05) is 0 Å². The van der Waals surface area contributed by atoms with Crippen molar-refractivity contribution < 1.29 is 9.47 Å².